The molecule has 13 aromatic carbocycles. The third-order valence-corrected chi connectivity index (χ3v) is 18.3. The highest BCUT2D eigenvalue weighted by Gasteiger charge is 2.43. The molecular formula is C82H53BN6. The maximum absolute atomic E-state index is 5.39. The lowest BCUT2D eigenvalue weighted by molar-refractivity contribution is 1.16. The Kier molecular flexibility index (Phi) is 11.6. The highest BCUT2D eigenvalue weighted by atomic mass is 15.2. The zero-order valence-electron chi connectivity index (χ0n) is 48.4. The molecule has 0 amide bonds. The van der Waals surface area contributed by atoms with Gasteiger partial charge in [0.05, 0.1) is 39.1 Å². The van der Waals surface area contributed by atoms with Crippen molar-refractivity contribution in [2.45, 2.75) is 0 Å². The van der Waals surface area contributed by atoms with Crippen molar-refractivity contribution < 1.29 is 0 Å². The van der Waals surface area contributed by atoms with Crippen LogP contribution >= 0.6 is 0 Å². The number of hydrogen-bond donors (Lipinski definition) is 0. The molecule has 0 N–H and O–H groups in total. The van der Waals surface area contributed by atoms with E-state index in [1.807, 2.05) is 6.07 Å². The lowest BCUT2D eigenvalue weighted by atomic mass is 9.33. The van der Waals surface area contributed by atoms with Crippen molar-refractivity contribution in [3.8, 4) is 67.5 Å². The summed E-state index contributed by atoms with van der Waals surface area (Å²) in [5.74, 6) is 0.677. The molecule has 16 aromatic rings. The number of aromatic nitrogens is 4. The molecule has 0 fully saturated rings. The summed E-state index contributed by atoms with van der Waals surface area (Å²) < 4.78 is 4.91. The molecule has 2 aliphatic heterocycles. The van der Waals surface area contributed by atoms with E-state index in [1.54, 1.807) is 0 Å². The zero-order chi connectivity index (χ0) is 58.5. The fraction of sp³-hybridized carbons (Fsp3) is 0. The lowest BCUT2D eigenvalue weighted by Crippen LogP contribution is -2.61. The van der Waals surface area contributed by atoms with Crippen molar-refractivity contribution >= 4 is 101 Å². The van der Waals surface area contributed by atoms with Gasteiger partial charge in [-0.3, -0.25) is 0 Å². The van der Waals surface area contributed by atoms with Crippen LogP contribution in [-0.2, 0) is 0 Å². The van der Waals surface area contributed by atoms with Crippen molar-refractivity contribution in [1.82, 2.24) is 19.1 Å². The van der Waals surface area contributed by atoms with E-state index in [-0.39, 0.29) is 6.71 Å². The Labute approximate surface area is 515 Å². The fourth-order valence-electron chi connectivity index (χ4n) is 14.4. The van der Waals surface area contributed by atoms with E-state index in [0.29, 0.717) is 5.82 Å². The van der Waals surface area contributed by atoms with Gasteiger partial charge in [0.25, 0.3) is 6.71 Å². The predicted molar refractivity (Wildman–Crippen MR) is 372 cm³/mol. The molecule has 0 atom stereocenters. The van der Waals surface area contributed by atoms with Gasteiger partial charge in [-0.05, 0) is 136 Å². The van der Waals surface area contributed by atoms with Crippen LogP contribution in [0.4, 0.5) is 34.1 Å². The molecule has 5 heterocycles. The lowest BCUT2D eigenvalue weighted by Gasteiger charge is -2.44. The smallest absolute Gasteiger partial charge is 0.252 e. The van der Waals surface area contributed by atoms with Crippen LogP contribution in [0.25, 0.3) is 111 Å². The Morgan fingerprint density at radius 1 is 0.247 bits per heavy atom. The van der Waals surface area contributed by atoms with Crippen LogP contribution in [0.3, 0.4) is 0 Å². The van der Waals surface area contributed by atoms with Gasteiger partial charge in [0.2, 0.25) is 0 Å². The summed E-state index contributed by atoms with van der Waals surface area (Å²) in [7, 11) is 0. The number of anilines is 6. The number of fused-ring (bicyclic) bond motifs is 10. The second-order valence-corrected chi connectivity index (χ2v) is 23.3. The first-order valence-electron chi connectivity index (χ1n) is 30.5. The van der Waals surface area contributed by atoms with E-state index in [9.17, 15) is 0 Å². The monoisotopic (exact) mass is 1130 g/mol. The van der Waals surface area contributed by atoms with Gasteiger partial charge in [0.1, 0.15) is 0 Å². The highest BCUT2D eigenvalue weighted by molar-refractivity contribution is 7.00. The molecule has 7 heteroatoms. The number of para-hydroxylation sites is 7. The molecule has 0 spiro atoms. The average molecular weight is 1130 g/mol. The van der Waals surface area contributed by atoms with Gasteiger partial charge in [-0.25, -0.2) is 9.97 Å². The van der Waals surface area contributed by atoms with E-state index in [2.05, 4.69) is 334 Å². The number of benzene rings is 13. The first-order valence-corrected chi connectivity index (χ1v) is 30.5. The largest absolute Gasteiger partial charge is 0.311 e. The summed E-state index contributed by atoms with van der Waals surface area (Å²) in [6.45, 7) is 0.0236. The van der Waals surface area contributed by atoms with Crippen molar-refractivity contribution in [2.24, 2.45) is 0 Å². The minimum atomic E-state index is 0.0236. The number of hydrogen-bond acceptors (Lipinski definition) is 4. The van der Waals surface area contributed by atoms with Crippen LogP contribution < -0.4 is 26.2 Å². The van der Waals surface area contributed by atoms with E-state index in [0.717, 1.165) is 89.6 Å². The zero-order valence-corrected chi connectivity index (χ0v) is 48.4. The summed E-state index contributed by atoms with van der Waals surface area (Å²) in [5.41, 5.74) is 26.7. The Balaban J connectivity index is 0.870. The second kappa shape index (κ2) is 20.4. The van der Waals surface area contributed by atoms with Gasteiger partial charge in [0.15, 0.2) is 5.82 Å². The normalized spacial score (nSPS) is 12.4. The summed E-state index contributed by atoms with van der Waals surface area (Å²) in [6, 6.07) is 117. The van der Waals surface area contributed by atoms with Crippen molar-refractivity contribution in [2.75, 3.05) is 9.80 Å². The summed E-state index contributed by atoms with van der Waals surface area (Å²) in [6.07, 6.45) is 0. The van der Waals surface area contributed by atoms with Crippen molar-refractivity contribution in [3.05, 3.63) is 322 Å². The molecule has 0 saturated heterocycles. The molecule has 0 unspecified atom stereocenters. The third kappa shape index (κ3) is 8.13. The first-order chi connectivity index (χ1) is 44.2. The number of rotatable bonds is 9. The Bertz CT molecular complexity index is 5260. The van der Waals surface area contributed by atoms with Gasteiger partial charge in [0, 0.05) is 83.6 Å². The van der Waals surface area contributed by atoms with Gasteiger partial charge >= 0.3 is 0 Å². The molecule has 0 radical (unpaired) electrons. The maximum Gasteiger partial charge on any atom is 0.252 e. The summed E-state index contributed by atoms with van der Waals surface area (Å²) in [5, 5.41) is 4.84. The van der Waals surface area contributed by atoms with Crippen LogP contribution in [0.5, 0.6) is 0 Å². The van der Waals surface area contributed by atoms with Gasteiger partial charge in [-0.2, -0.15) is 0 Å². The molecule has 18 rings (SSSR count). The molecule has 0 aliphatic carbocycles. The van der Waals surface area contributed by atoms with E-state index in [1.165, 1.54) is 66.2 Å². The summed E-state index contributed by atoms with van der Waals surface area (Å²) in [4.78, 5) is 15.6. The second-order valence-electron chi connectivity index (χ2n) is 23.3. The minimum absolute atomic E-state index is 0.0236. The molecule has 89 heavy (non-hydrogen) atoms. The van der Waals surface area contributed by atoms with E-state index in [4.69, 9.17) is 9.97 Å². The van der Waals surface area contributed by atoms with Crippen molar-refractivity contribution in [3.63, 3.8) is 0 Å². The molecular weight excluding hydrogens is 1080 g/mol. The van der Waals surface area contributed by atoms with Crippen LogP contribution in [0, 0.1) is 0 Å². The first kappa shape index (κ1) is 50.5. The van der Waals surface area contributed by atoms with Crippen LogP contribution in [0.2, 0.25) is 0 Å². The van der Waals surface area contributed by atoms with Gasteiger partial charge in [-0.1, -0.05) is 218 Å². The molecule has 0 saturated carbocycles. The predicted octanol–water partition coefficient (Wildman–Crippen LogP) is 19.1. The number of nitrogens with zero attached hydrogens (tertiary/aromatic N) is 6. The molecule has 0 bridgehead atoms. The average Bonchev–Trinajstić information content (AvgIpc) is 0.931. The molecule has 2 aliphatic rings. The van der Waals surface area contributed by atoms with Crippen LogP contribution in [0.15, 0.2) is 322 Å². The topological polar surface area (TPSA) is 42.1 Å². The van der Waals surface area contributed by atoms with E-state index < -0.39 is 0 Å². The highest BCUT2D eigenvalue weighted by Crippen LogP contribution is 2.48. The Hall–Kier alpha value is -11.8. The minimum Gasteiger partial charge on any atom is -0.311 e. The molecule has 414 valence electrons. The standard InChI is InChI=1S/C82H53BN6/c1-6-24-56(25-7-1)70-52-71(85-82(84-70)57-26-8-2-9-27-57)58-46-47-74(89-73-39-21-17-35-64(73)67-51-66-63-34-16-20-38-72(63)86(77(66)53-78(67)89)60-28-10-3-11-29-60)65(48-58)55-44-42-54(43-45-55)59-49-79-81-80(50-59)88(62-32-14-5-15-33-62)76-41-23-19-37-69(76)83(81)68-36-18-22-40-75(68)87(79)61-30-12-4-13-31-61/h1-53H. The Morgan fingerprint density at radius 3 is 1.28 bits per heavy atom. The Morgan fingerprint density at radius 2 is 0.697 bits per heavy atom. The third-order valence-electron chi connectivity index (χ3n) is 18.3. The molecule has 3 aromatic heterocycles. The fourth-order valence-corrected chi connectivity index (χ4v) is 14.4. The van der Waals surface area contributed by atoms with Crippen LogP contribution in [0.1, 0.15) is 0 Å². The quantitative estimate of drug-likeness (QED) is 0.135. The summed E-state index contributed by atoms with van der Waals surface area (Å²) >= 11 is 0. The maximum atomic E-state index is 5.39. The van der Waals surface area contributed by atoms with Crippen LogP contribution in [-0.4, -0.2) is 25.8 Å². The van der Waals surface area contributed by atoms with Crippen molar-refractivity contribution in [1.29, 1.82) is 0 Å². The SMILES string of the molecule is c1ccc(-c2cc(-c3ccc(-n4c5ccccc5c5cc6c7ccccc7n(-c7ccccc7)c6cc54)c(-c4ccc(-c5cc6c7c(c5)N(c5ccccc5)c5ccccc5B7c5ccccc5N6c5ccccc5)cc4)c3)nc(-c3ccccc3)n2)cc1. The van der Waals surface area contributed by atoms with E-state index >= 15 is 0 Å². The molecule has 6 nitrogen and oxygen atoms in total. The van der Waals surface area contributed by atoms with Gasteiger partial charge < -0.3 is 18.9 Å². The van der Waals surface area contributed by atoms with Gasteiger partial charge in [-0.15, -0.1) is 0 Å².